The molecule has 0 amide bonds. The fourth-order valence-corrected chi connectivity index (χ4v) is 4.20. The lowest BCUT2D eigenvalue weighted by Gasteiger charge is -2.01. The molecule has 0 radical (unpaired) electrons. The van der Waals surface area contributed by atoms with Gasteiger partial charge in [-0.15, -0.1) is 11.3 Å². The van der Waals surface area contributed by atoms with E-state index in [1.54, 1.807) is 11.3 Å². The average Bonchev–Trinajstić information content (AvgIpc) is 2.99. The lowest BCUT2D eigenvalue weighted by molar-refractivity contribution is 0.914. The first kappa shape index (κ1) is 11.9. The van der Waals surface area contributed by atoms with Crippen molar-refractivity contribution in [2.75, 3.05) is 0 Å². The third kappa shape index (κ3) is 1.88. The van der Waals surface area contributed by atoms with E-state index in [0.717, 1.165) is 28.9 Å². The van der Waals surface area contributed by atoms with Crippen LogP contribution in [-0.4, -0.2) is 9.97 Å². The zero-order chi connectivity index (χ0) is 13.5. The second-order valence-corrected chi connectivity index (χ2v) is 6.30. The smallest absolute Gasteiger partial charge is 0.259 e. The highest BCUT2D eigenvalue weighted by atomic mass is 32.1. The fraction of sp³-hybridized carbons (Fsp3) is 0.250. The molecule has 4 rings (SSSR count). The third-order valence-electron chi connectivity index (χ3n) is 3.84. The Kier molecular flexibility index (Phi) is 2.70. The molecule has 2 heterocycles. The molecule has 1 N–H and O–H groups in total. The topological polar surface area (TPSA) is 45.8 Å². The number of aromatic amines is 1. The van der Waals surface area contributed by atoms with Crippen LogP contribution in [0.15, 0.2) is 35.1 Å². The van der Waals surface area contributed by atoms with E-state index < -0.39 is 0 Å². The summed E-state index contributed by atoms with van der Waals surface area (Å²) in [5.74, 6) is 0.758. The minimum atomic E-state index is 0.0281. The highest BCUT2D eigenvalue weighted by Crippen LogP contribution is 2.34. The van der Waals surface area contributed by atoms with E-state index in [1.807, 2.05) is 18.2 Å². The zero-order valence-corrected chi connectivity index (χ0v) is 11.8. The zero-order valence-electron chi connectivity index (χ0n) is 11.0. The molecule has 0 spiro atoms. The fourth-order valence-electron chi connectivity index (χ4n) is 2.92. The van der Waals surface area contributed by atoms with Gasteiger partial charge in [0.05, 0.1) is 5.39 Å². The summed E-state index contributed by atoms with van der Waals surface area (Å²) >= 11 is 1.69. The number of hydrogen-bond donors (Lipinski definition) is 1. The summed E-state index contributed by atoms with van der Waals surface area (Å²) in [7, 11) is 0. The summed E-state index contributed by atoms with van der Waals surface area (Å²) in [6.45, 7) is 0. The van der Waals surface area contributed by atoms with Crippen molar-refractivity contribution in [2.24, 2.45) is 0 Å². The van der Waals surface area contributed by atoms with Gasteiger partial charge < -0.3 is 4.98 Å². The third-order valence-corrected chi connectivity index (χ3v) is 5.02. The summed E-state index contributed by atoms with van der Waals surface area (Å²) in [5, 5.41) is 0.833. The molecule has 100 valence electrons. The van der Waals surface area contributed by atoms with E-state index in [0.29, 0.717) is 6.42 Å². The van der Waals surface area contributed by atoms with Crippen LogP contribution >= 0.6 is 11.3 Å². The monoisotopic (exact) mass is 282 g/mol. The van der Waals surface area contributed by atoms with Crippen LogP contribution in [0.25, 0.3) is 10.2 Å². The molecule has 1 aliphatic carbocycles. The summed E-state index contributed by atoms with van der Waals surface area (Å²) < 4.78 is 0. The SMILES string of the molecule is O=c1[nH]c(Cc2ccccc2)nc2sc3c(c12)CCC3. The van der Waals surface area contributed by atoms with Gasteiger partial charge in [-0.05, 0) is 30.4 Å². The molecule has 0 fully saturated rings. The van der Waals surface area contributed by atoms with Crippen molar-refractivity contribution < 1.29 is 0 Å². The largest absolute Gasteiger partial charge is 0.310 e. The van der Waals surface area contributed by atoms with Crippen LogP contribution in [0.5, 0.6) is 0 Å². The quantitative estimate of drug-likeness (QED) is 0.785. The second kappa shape index (κ2) is 4.56. The lowest BCUT2D eigenvalue weighted by atomic mass is 10.1. The minimum Gasteiger partial charge on any atom is -0.310 e. The maximum atomic E-state index is 12.3. The Bertz CT molecular complexity index is 833. The molecular weight excluding hydrogens is 268 g/mol. The van der Waals surface area contributed by atoms with Gasteiger partial charge in [-0.1, -0.05) is 30.3 Å². The molecule has 0 saturated heterocycles. The highest BCUT2D eigenvalue weighted by molar-refractivity contribution is 7.18. The number of rotatable bonds is 2. The Morgan fingerprint density at radius 3 is 2.90 bits per heavy atom. The van der Waals surface area contributed by atoms with Gasteiger partial charge in [-0.3, -0.25) is 4.79 Å². The van der Waals surface area contributed by atoms with E-state index in [9.17, 15) is 4.79 Å². The van der Waals surface area contributed by atoms with Crippen molar-refractivity contribution in [3.05, 3.63) is 62.5 Å². The van der Waals surface area contributed by atoms with Crippen LogP contribution in [-0.2, 0) is 19.3 Å². The number of fused-ring (bicyclic) bond motifs is 3. The average molecular weight is 282 g/mol. The van der Waals surface area contributed by atoms with E-state index in [-0.39, 0.29) is 5.56 Å². The number of aromatic nitrogens is 2. The molecule has 0 saturated carbocycles. The first-order chi connectivity index (χ1) is 9.81. The van der Waals surface area contributed by atoms with Gasteiger partial charge in [-0.2, -0.15) is 0 Å². The molecule has 2 aromatic heterocycles. The van der Waals surface area contributed by atoms with E-state index in [1.165, 1.54) is 22.4 Å². The van der Waals surface area contributed by atoms with Crippen molar-refractivity contribution >= 4 is 21.6 Å². The number of aryl methyl sites for hydroxylation is 2. The molecule has 1 aliphatic rings. The number of hydrogen-bond acceptors (Lipinski definition) is 3. The standard InChI is InChI=1S/C16H14N2OS/c19-15-14-11-7-4-8-12(11)20-16(14)18-13(17-15)9-10-5-2-1-3-6-10/h1-3,5-6H,4,7-9H2,(H,17,18,19). The van der Waals surface area contributed by atoms with Gasteiger partial charge in [0.25, 0.3) is 5.56 Å². The Balaban J connectivity index is 1.81. The van der Waals surface area contributed by atoms with Gasteiger partial charge in [0, 0.05) is 11.3 Å². The van der Waals surface area contributed by atoms with Crippen molar-refractivity contribution in [3.63, 3.8) is 0 Å². The van der Waals surface area contributed by atoms with Crippen LogP contribution in [0.2, 0.25) is 0 Å². The van der Waals surface area contributed by atoms with Gasteiger partial charge >= 0.3 is 0 Å². The van der Waals surface area contributed by atoms with Crippen LogP contribution in [0.3, 0.4) is 0 Å². The number of H-pyrrole nitrogens is 1. The summed E-state index contributed by atoms with van der Waals surface area (Å²) in [6.07, 6.45) is 3.97. The van der Waals surface area contributed by atoms with E-state index >= 15 is 0 Å². The maximum absolute atomic E-state index is 12.3. The van der Waals surface area contributed by atoms with Crippen LogP contribution in [0.4, 0.5) is 0 Å². The number of thiophene rings is 1. The molecule has 3 nitrogen and oxygen atoms in total. The summed E-state index contributed by atoms with van der Waals surface area (Å²) in [5.41, 5.74) is 2.43. The minimum absolute atomic E-state index is 0.0281. The summed E-state index contributed by atoms with van der Waals surface area (Å²) in [6, 6.07) is 10.1. The Morgan fingerprint density at radius 1 is 1.20 bits per heavy atom. The maximum Gasteiger partial charge on any atom is 0.259 e. The summed E-state index contributed by atoms with van der Waals surface area (Å²) in [4.78, 5) is 22.2. The van der Waals surface area contributed by atoms with Gasteiger partial charge in [0.1, 0.15) is 10.7 Å². The van der Waals surface area contributed by atoms with E-state index in [4.69, 9.17) is 0 Å². The molecule has 1 aromatic carbocycles. The first-order valence-corrected chi connectivity index (χ1v) is 7.70. The van der Waals surface area contributed by atoms with Crippen molar-refractivity contribution in [1.82, 2.24) is 9.97 Å². The number of nitrogens with one attached hydrogen (secondary N) is 1. The van der Waals surface area contributed by atoms with Crippen molar-refractivity contribution in [2.45, 2.75) is 25.7 Å². The molecule has 20 heavy (non-hydrogen) atoms. The Hall–Kier alpha value is -1.94. The predicted molar refractivity (Wildman–Crippen MR) is 81.5 cm³/mol. The molecular formula is C16H14N2OS. The molecule has 0 atom stereocenters. The van der Waals surface area contributed by atoms with Gasteiger partial charge in [-0.25, -0.2) is 4.98 Å². The molecule has 0 bridgehead atoms. The molecule has 0 unspecified atom stereocenters. The van der Waals surface area contributed by atoms with Gasteiger partial charge in [0.2, 0.25) is 0 Å². The number of benzene rings is 1. The predicted octanol–water partition coefficient (Wildman–Crippen LogP) is 3.06. The van der Waals surface area contributed by atoms with Crippen LogP contribution < -0.4 is 5.56 Å². The molecule has 4 heteroatoms. The normalized spacial score (nSPS) is 13.8. The second-order valence-electron chi connectivity index (χ2n) is 5.21. The lowest BCUT2D eigenvalue weighted by Crippen LogP contribution is -2.12. The van der Waals surface area contributed by atoms with Crippen molar-refractivity contribution in [3.8, 4) is 0 Å². The number of nitrogens with zero attached hydrogens (tertiary/aromatic N) is 1. The Labute approximate surface area is 120 Å². The van der Waals surface area contributed by atoms with Crippen LogP contribution in [0, 0.1) is 0 Å². The van der Waals surface area contributed by atoms with Crippen molar-refractivity contribution in [1.29, 1.82) is 0 Å². The van der Waals surface area contributed by atoms with Crippen LogP contribution in [0.1, 0.15) is 28.2 Å². The molecule has 0 aliphatic heterocycles. The highest BCUT2D eigenvalue weighted by Gasteiger charge is 2.20. The van der Waals surface area contributed by atoms with E-state index in [2.05, 4.69) is 22.1 Å². The first-order valence-electron chi connectivity index (χ1n) is 6.88. The van der Waals surface area contributed by atoms with Gasteiger partial charge in [0.15, 0.2) is 0 Å². The molecule has 3 aromatic rings. The Morgan fingerprint density at radius 2 is 2.05 bits per heavy atom.